The summed E-state index contributed by atoms with van der Waals surface area (Å²) in [7, 11) is 0. The van der Waals surface area contributed by atoms with Gasteiger partial charge in [-0.15, -0.1) is 0 Å². The Hall–Kier alpha value is -2.35. The second-order valence-corrected chi connectivity index (χ2v) is 5.14. The van der Waals surface area contributed by atoms with Crippen LogP contribution in [-0.2, 0) is 13.0 Å². The summed E-state index contributed by atoms with van der Waals surface area (Å²) in [6.45, 7) is 5.18. The van der Waals surface area contributed by atoms with Gasteiger partial charge >= 0.3 is 0 Å². The molecule has 0 spiro atoms. The third-order valence-electron chi connectivity index (χ3n) is 3.73. The van der Waals surface area contributed by atoms with Gasteiger partial charge in [0.25, 0.3) is 0 Å². The molecule has 0 amide bonds. The predicted molar refractivity (Wildman–Crippen MR) is 76.3 cm³/mol. The normalized spacial score (nSPS) is 14.9. The van der Waals surface area contributed by atoms with Crippen molar-refractivity contribution in [1.29, 1.82) is 5.26 Å². The molecule has 20 heavy (non-hydrogen) atoms. The van der Waals surface area contributed by atoms with Crippen LogP contribution in [0.3, 0.4) is 0 Å². The van der Waals surface area contributed by atoms with Gasteiger partial charge in [0.15, 0.2) is 0 Å². The first-order chi connectivity index (χ1) is 9.80. The van der Waals surface area contributed by atoms with E-state index in [9.17, 15) is 0 Å². The van der Waals surface area contributed by atoms with E-state index in [-0.39, 0.29) is 0 Å². The molecular weight excluding hydrogens is 250 g/mol. The lowest BCUT2D eigenvalue weighted by molar-refractivity contribution is 0.351. The van der Waals surface area contributed by atoms with Crippen LogP contribution in [0.2, 0.25) is 0 Å². The van der Waals surface area contributed by atoms with Crippen LogP contribution in [0, 0.1) is 17.2 Å². The summed E-state index contributed by atoms with van der Waals surface area (Å²) in [4.78, 5) is 10.9. The van der Waals surface area contributed by atoms with Crippen molar-refractivity contribution in [1.82, 2.24) is 14.5 Å². The van der Waals surface area contributed by atoms with Gasteiger partial charge in [-0.25, -0.2) is 9.97 Å². The summed E-state index contributed by atoms with van der Waals surface area (Å²) in [5.41, 5.74) is 0.608. The Kier molecular flexibility index (Phi) is 3.38. The fourth-order valence-corrected chi connectivity index (χ4v) is 2.61. The van der Waals surface area contributed by atoms with Crippen molar-refractivity contribution in [3.63, 3.8) is 0 Å². The monoisotopic (exact) mass is 267 g/mol. The summed E-state index contributed by atoms with van der Waals surface area (Å²) < 4.78 is 2.24. The SMILES string of the molecule is CCc1nccn1CC1CN(c2ccc(C#N)cn2)C1. The summed E-state index contributed by atoms with van der Waals surface area (Å²) in [5.74, 6) is 2.76. The number of imidazole rings is 1. The summed E-state index contributed by atoms with van der Waals surface area (Å²) in [6.07, 6.45) is 6.53. The fraction of sp³-hybridized carbons (Fsp3) is 0.400. The highest BCUT2D eigenvalue weighted by molar-refractivity contribution is 5.44. The minimum absolute atomic E-state index is 0.608. The van der Waals surface area contributed by atoms with Crippen molar-refractivity contribution in [2.45, 2.75) is 19.9 Å². The van der Waals surface area contributed by atoms with E-state index in [4.69, 9.17) is 5.26 Å². The molecule has 0 N–H and O–H groups in total. The molecule has 3 rings (SSSR count). The molecular formula is C15H17N5. The number of nitriles is 1. The molecule has 0 radical (unpaired) electrons. The average molecular weight is 267 g/mol. The van der Waals surface area contributed by atoms with Crippen LogP contribution in [0.5, 0.6) is 0 Å². The molecule has 0 aromatic carbocycles. The van der Waals surface area contributed by atoms with Crippen molar-refractivity contribution >= 4 is 5.82 Å². The highest BCUT2D eigenvalue weighted by atomic mass is 15.2. The van der Waals surface area contributed by atoms with Crippen LogP contribution in [0.4, 0.5) is 5.82 Å². The Labute approximate surface area is 118 Å². The lowest BCUT2D eigenvalue weighted by Crippen LogP contribution is -2.49. The number of aryl methyl sites for hydroxylation is 1. The Morgan fingerprint density at radius 3 is 2.85 bits per heavy atom. The third-order valence-corrected chi connectivity index (χ3v) is 3.73. The summed E-state index contributed by atoms with van der Waals surface area (Å²) >= 11 is 0. The Balaban J connectivity index is 1.57. The van der Waals surface area contributed by atoms with Gasteiger partial charge in [0, 0.05) is 50.6 Å². The molecule has 1 fully saturated rings. The van der Waals surface area contributed by atoms with Gasteiger partial charge in [0.2, 0.25) is 0 Å². The Bertz CT molecular complexity index is 616. The van der Waals surface area contributed by atoms with E-state index in [1.54, 1.807) is 6.20 Å². The van der Waals surface area contributed by atoms with E-state index in [0.717, 1.165) is 37.7 Å². The lowest BCUT2D eigenvalue weighted by Gasteiger charge is -2.40. The van der Waals surface area contributed by atoms with Gasteiger partial charge in [-0.1, -0.05) is 6.92 Å². The zero-order chi connectivity index (χ0) is 13.9. The average Bonchev–Trinajstić information content (AvgIpc) is 2.90. The minimum Gasteiger partial charge on any atom is -0.356 e. The number of hydrogen-bond donors (Lipinski definition) is 0. The van der Waals surface area contributed by atoms with E-state index >= 15 is 0 Å². The van der Waals surface area contributed by atoms with Crippen molar-refractivity contribution in [2.24, 2.45) is 5.92 Å². The molecule has 5 heteroatoms. The van der Waals surface area contributed by atoms with Gasteiger partial charge in [-0.2, -0.15) is 5.26 Å². The van der Waals surface area contributed by atoms with Crippen molar-refractivity contribution in [3.8, 4) is 6.07 Å². The maximum absolute atomic E-state index is 8.76. The zero-order valence-corrected chi connectivity index (χ0v) is 11.5. The molecule has 0 bridgehead atoms. The zero-order valence-electron chi connectivity index (χ0n) is 11.5. The molecule has 0 atom stereocenters. The molecule has 3 heterocycles. The van der Waals surface area contributed by atoms with Crippen LogP contribution in [0.15, 0.2) is 30.7 Å². The van der Waals surface area contributed by atoms with Gasteiger partial charge in [-0.3, -0.25) is 0 Å². The van der Waals surface area contributed by atoms with E-state index in [1.165, 1.54) is 0 Å². The first-order valence-electron chi connectivity index (χ1n) is 6.91. The third kappa shape index (κ3) is 2.37. The highest BCUT2D eigenvalue weighted by Crippen LogP contribution is 2.24. The number of pyridine rings is 1. The maximum Gasteiger partial charge on any atom is 0.128 e. The van der Waals surface area contributed by atoms with Crippen LogP contribution in [-0.4, -0.2) is 27.6 Å². The molecule has 1 aliphatic heterocycles. The van der Waals surface area contributed by atoms with Crippen LogP contribution in [0.25, 0.3) is 0 Å². The fourth-order valence-electron chi connectivity index (χ4n) is 2.61. The van der Waals surface area contributed by atoms with Crippen molar-refractivity contribution < 1.29 is 0 Å². The second-order valence-electron chi connectivity index (χ2n) is 5.14. The highest BCUT2D eigenvalue weighted by Gasteiger charge is 2.28. The van der Waals surface area contributed by atoms with Crippen molar-refractivity contribution in [3.05, 3.63) is 42.1 Å². The summed E-state index contributed by atoms with van der Waals surface area (Å²) in [5, 5.41) is 8.76. The topological polar surface area (TPSA) is 57.7 Å². The number of nitrogens with zero attached hydrogens (tertiary/aromatic N) is 5. The number of rotatable bonds is 4. The van der Waals surface area contributed by atoms with E-state index < -0.39 is 0 Å². The van der Waals surface area contributed by atoms with Crippen LogP contribution >= 0.6 is 0 Å². The molecule has 1 aliphatic rings. The molecule has 2 aromatic rings. The van der Waals surface area contributed by atoms with Crippen molar-refractivity contribution in [2.75, 3.05) is 18.0 Å². The smallest absolute Gasteiger partial charge is 0.128 e. The number of anilines is 1. The van der Waals surface area contributed by atoms with E-state index in [2.05, 4.69) is 38.6 Å². The number of aromatic nitrogens is 3. The maximum atomic E-state index is 8.76. The van der Waals surface area contributed by atoms with Gasteiger partial charge < -0.3 is 9.47 Å². The first kappa shape index (κ1) is 12.7. The van der Waals surface area contributed by atoms with Crippen LogP contribution < -0.4 is 4.90 Å². The minimum atomic E-state index is 0.608. The Morgan fingerprint density at radius 2 is 2.20 bits per heavy atom. The second kappa shape index (κ2) is 5.33. The van der Waals surface area contributed by atoms with Gasteiger partial charge in [0.05, 0.1) is 5.56 Å². The van der Waals surface area contributed by atoms with Gasteiger partial charge in [0.1, 0.15) is 17.7 Å². The molecule has 102 valence electrons. The molecule has 0 unspecified atom stereocenters. The van der Waals surface area contributed by atoms with Crippen LogP contribution in [0.1, 0.15) is 18.3 Å². The Morgan fingerprint density at radius 1 is 1.35 bits per heavy atom. The molecule has 0 saturated carbocycles. The first-order valence-corrected chi connectivity index (χ1v) is 6.91. The largest absolute Gasteiger partial charge is 0.356 e. The standard InChI is InChI=1S/C15H17N5/c1-2-14-17-5-6-19(14)9-13-10-20(11-13)15-4-3-12(7-16)8-18-15/h3-6,8,13H,2,9-11H2,1H3. The quantitative estimate of drug-likeness (QED) is 0.848. The van der Waals surface area contributed by atoms with E-state index in [0.29, 0.717) is 11.5 Å². The number of hydrogen-bond acceptors (Lipinski definition) is 4. The molecule has 1 saturated heterocycles. The molecule has 2 aromatic heterocycles. The lowest BCUT2D eigenvalue weighted by atomic mass is 10.00. The summed E-state index contributed by atoms with van der Waals surface area (Å²) in [6, 6.07) is 5.83. The predicted octanol–water partition coefficient (Wildman–Crippen LogP) is 1.85. The van der Waals surface area contributed by atoms with Gasteiger partial charge in [-0.05, 0) is 12.1 Å². The molecule has 0 aliphatic carbocycles. The van der Waals surface area contributed by atoms with E-state index in [1.807, 2.05) is 18.3 Å². The molecule has 5 nitrogen and oxygen atoms in total.